The lowest BCUT2D eigenvalue weighted by Gasteiger charge is -2.27. The standard InChI is InChI=1S/C22H24N2O/c1-3-18(2)25-22-16-14-21(15-17-22)24(20-12-8-5-9-13-20)23-19-10-6-4-7-11-19/h4-18,23H,3H2,1-2H3. The van der Waals surface area contributed by atoms with Crippen LogP contribution in [-0.2, 0) is 0 Å². The second-order valence-electron chi connectivity index (χ2n) is 5.98. The van der Waals surface area contributed by atoms with Crippen LogP contribution >= 0.6 is 0 Å². The third-order valence-electron chi connectivity index (χ3n) is 4.04. The van der Waals surface area contributed by atoms with Gasteiger partial charge in [0.25, 0.3) is 0 Å². The van der Waals surface area contributed by atoms with Crippen LogP contribution in [-0.4, -0.2) is 6.10 Å². The van der Waals surface area contributed by atoms with Gasteiger partial charge in [0, 0.05) is 0 Å². The first-order valence-electron chi connectivity index (χ1n) is 8.70. The monoisotopic (exact) mass is 332 g/mol. The van der Waals surface area contributed by atoms with Crippen molar-refractivity contribution >= 4 is 17.1 Å². The molecule has 3 aromatic rings. The molecule has 0 radical (unpaired) electrons. The fourth-order valence-corrected chi connectivity index (χ4v) is 2.49. The van der Waals surface area contributed by atoms with E-state index in [1.165, 1.54) is 0 Å². The molecule has 0 fully saturated rings. The molecule has 1 unspecified atom stereocenters. The van der Waals surface area contributed by atoms with Gasteiger partial charge in [0.05, 0.1) is 23.2 Å². The molecule has 3 nitrogen and oxygen atoms in total. The van der Waals surface area contributed by atoms with Crippen LogP contribution in [0.2, 0.25) is 0 Å². The minimum Gasteiger partial charge on any atom is -0.491 e. The molecule has 3 heteroatoms. The topological polar surface area (TPSA) is 24.5 Å². The van der Waals surface area contributed by atoms with Crippen LogP contribution in [0.15, 0.2) is 84.9 Å². The predicted molar refractivity (Wildman–Crippen MR) is 105 cm³/mol. The Labute approximate surface area is 149 Å². The van der Waals surface area contributed by atoms with E-state index in [0.29, 0.717) is 0 Å². The van der Waals surface area contributed by atoms with Gasteiger partial charge < -0.3 is 4.74 Å². The van der Waals surface area contributed by atoms with Gasteiger partial charge in [0.15, 0.2) is 0 Å². The molecule has 0 aliphatic heterocycles. The molecule has 128 valence electrons. The first-order chi connectivity index (χ1) is 12.3. The van der Waals surface area contributed by atoms with E-state index in [-0.39, 0.29) is 6.10 Å². The van der Waals surface area contributed by atoms with Crippen LogP contribution in [0.3, 0.4) is 0 Å². The summed E-state index contributed by atoms with van der Waals surface area (Å²) in [6.07, 6.45) is 1.21. The number of anilines is 3. The van der Waals surface area contributed by atoms with Crippen LogP contribution < -0.4 is 15.2 Å². The van der Waals surface area contributed by atoms with E-state index in [4.69, 9.17) is 4.74 Å². The number of hydrogen-bond donors (Lipinski definition) is 1. The van der Waals surface area contributed by atoms with E-state index in [1.54, 1.807) is 0 Å². The zero-order valence-corrected chi connectivity index (χ0v) is 14.7. The predicted octanol–water partition coefficient (Wildman–Crippen LogP) is 6.03. The van der Waals surface area contributed by atoms with Crippen molar-refractivity contribution in [1.82, 2.24) is 0 Å². The lowest BCUT2D eigenvalue weighted by Crippen LogP contribution is -2.24. The van der Waals surface area contributed by atoms with Gasteiger partial charge in [-0.3, -0.25) is 10.4 Å². The van der Waals surface area contributed by atoms with Crippen molar-refractivity contribution in [3.8, 4) is 5.75 Å². The third-order valence-corrected chi connectivity index (χ3v) is 4.04. The number of benzene rings is 3. The van der Waals surface area contributed by atoms with E-state index in [0.717, 1.165) is 29.2 Å². The summed E-state index contributed by atoms with van der Waals surface area (Å²) in [6, 6.07) is 28.6. The van der Waals surface area contributed by atoms with Crippen LogP contribution in [0.4, 0.5) is 17.1 Å². The lowest BCUT2D eigenvalue weighted by molar-refractivity contribution is 0.217. The summed E-state index contributed by atoms with van der Waals surface area (Å²) in [4.78, 5) is 0. The second-order valence-corrected chi connectivity index (χ2v) is 5.98. The highest BCUT2D eigenvalue weighted by atomic mass is 16.5. The van der Waals surface area contributed by atoms with Gasteiger partial charge in [0.2, 0.25) is 0 Å². The average Bonchev–Trinajstić information content (AvgIpc) is 2.68. The van der Waals surface area contributed by atoms with Gasteiger partial charge in [-0.1, -0.05) is 43.3 Å². The van der Waals surface area contributed by atoms with Crippen molar-refractivity contribution in [3.63, 3.8) is 0 Å². The van der Waals surface area contributed by atoms with Gasteiger partial charge >= 0.3 is 0 Å². The molecule has 0 amide bonds. The van der Waals surface area contributed by atoms with E-state index in [1.807, 2.05) is 48.5 Å². The van der Waals surface area contributed by atoms with Crippen molar-refractivity contribution < 1.29 is 4.74 Å². The molecule has 25 heavy (non-hydrogen) atoms. The summed E-state index contributed by atoms with van der Waals surface area (Å²) in [7, 11) is 0. The van der Waals surface area contributed by atoms with Crippen molar-refractivity contribution in [3.05, 3.63) is 84.9 Å². The molecule has 0 aliphatic rings. The molecule has 0 aliphatic carbocycles. The number of hydrogen-bond acceptors (Lipinski definition) is 3. The second kappa shape index (κ2) is 8.25. The lowest BCUT2D eigenvalue weighted by atomic mass is 10.2. The van der Waals surface area contributed by atoms with Gasteiger partial charge in [-0.15, -0.1) is 0 Å². The number of rotatable bonds is 7. The molecule has 0 bridgehead atoms. The molecule has 3 aromatic carbocycles. The van der Waals surface area contributed by atoms with Crippen molar-refractivity contribution in [2.75, 3.05) is 10.4 Å². The highest BCUT2D eigenvalue weighted by Gasteiger charge is 2.10. The fraction of sp³-hybridized carbons (Fsp3) is 0.182. The fourth-order valence-electron chi connectivity index (χ4n) is 2.49. The Bertz CT molecular complexity index is 757. The molecule has 0 saturated carbocycles. The first kappa shape index (κ1) is 16.9. The smallest absolute Gasteiger partial charge is 0.119 e. The molecule has 1 atom stereocenters. The Balaban J connectivity index is 1.86. The largest absolute Gasteiger partial charge is 0.491 e. The summed E-state index contributed by atoms with van der Waals surface area (Å²) >= 11 is 0. The van der Waals surface area contributed by atoms with Gasteiger partial charge in [-0.05, 0) is 61.9 Å². The van der Waals surface area contributed by atoms with E-state index in [9.17, 15) is 0 Å². The minimum atomic E-state index is 0.221. The third kappa shape index (κ3) is 4.54. The maximum Gasteiger partial charge on any atom is 0.119 e. The molecule has 0 heterocycles. The Morgan fingerprint density at radius 3 is 1.96 bits per heavy atom. The number of nitrogens with one attached hydrogen (secondary N) is 1. The molecule has 0 spiro atoms. The Morgan fingerprint density at radius 2 is 1.36 bits per heavy atom. The summed E-state index contributed by atoms with van der Waals surface area (Å²) in [6.45, 7) is 4.21. The van der Waals surface area contributed by atoms with Gasteiger partial charge in [-0.2, -0.15) is 0 Å². The molecule has 0 saturated heterocycles. The van der Waals surface area contributed by atoms with E-state index in [2.05, 4.69) is 60.7 Å². The Hall–Kier alpha value is -2.94. The van der Waals surface area contributed by atoms with Crippen LogP contribution in [0.25, 0.3) is 0 Å². The maximum atomic E-state index is 5.88. The molecule has 0 aromatic heterocycles. The molecule has 3 rings (SSSR count). The zero-order chi connectivity index (χ0) is 17.5. The van der Waals surface area contributed by atoms with Crippen molar-refractivity contribution in [2.24, 2.45) is 0 Å². The number of nitrogens with zero attached hydrogens (tertiary/aromatic N) is 1. The first-order valence-corrected chi connectivity index (χ1v) is 8.70. The maximum absolute atomic E-state index is 5.88. The highest BCUT2D eigenvalue weighted by Crippen LogP contribution is 2.28. The van der Waals surface area contributed by atoms with Crippen LogP contribution in [0.5, 0.6) is 5.75 Å². The average molecular weight is 332 g/mol. The van der Waals surface area contributed by atoms with Gasteiger partial charge in [0.1, 0.15) is 5.75 Å². The summed E-state index contributed by atoms with van der Waals surface area (Å²) in [5, 5.41) is 2.07. The number of ether oxygens (including phenoxy) is 1. The van der Waals surface area contributed by atoms with Crippen molar-refractivity contribution in [1.29, 1.82) is 0 Å². The normalized spacial score (nSPS) is 11.6. The van der Waals surface area contributed by atoms with Crippen LogP contribution in [0.1, 0.15) is 20.3 Å². The quantitative estimate of drug-likeness (QED) is 0.535. The van der Waals surface area contributed by atoms with E-state index < -0.39 is 0 Å². The van der Waals surface area contributed by atoms with Crippen molar-refractivity contribution in [2.45, 2.75) is 26.4 Å². The Morgan fingerprint density at radius 1 is 0.800 bits per heavy atom. The number of hydrazine groups is 1. The summed E-state index contributed by atoms with van der Waals surface area (Å²) < 4.78 is 5.88. The van der Waals surface area contributed by atoms with Crippen LogP contribution in [0, 0.1) is 0 Å². The molecular formula is C22H24N2O. The SMILES string of the molecule is CCC(C)Oc1ccc(N(Nc2ccccc2)c2ccccc2)cc1. The summed E-state index contributed by atoms with van der Waals surface area (Å²) in [5.41, 5.74) is 6.63. The minimum absolute atomic E-state index is 0.221. The Kier molecular flexibility index (Phi) is 5.57. The molecule has 1 N–H and O–H groups in total. The zero-order valence-electron chi connectivity index (χ0n) is 14.7. The van der Waals surface area contributed by atoms with Gasteiger partial charge in [-0.25, -0.2) is 0 Å². The summed E-state index contributed by atoms with van der Waals surface area (Å²) in [5.74, 6) is 0.894. The number of para-hydroxylation sites is 2. The highest BCUT2D eigenvalue weighted by molar-refractivity contribution is 5.68. The van der Waals surface area contributed by atoms with E-state index >= 15 is 0 Å². The molecular weight excluding hydrogens is 308 g/mol.